The normalized spacial score (nSPS) is 14.8. The summed E-state index contributed by atoms with van der Waals surface area (Å²) in [5.41, 5.74) is 2.73. The first-order chi connectivity index (χ1) is 14.2. The van der Waals surface area contributed by atoms with Gasteiger partial charge in [-0.25, -0.2) is 4.68 Å². The zero-order valence-electron chi connectivity index (χ0n) is 16.8. The highest BCUT2D eigenvalue weighted by Crippen LogP contribution is 2.28. The molecule has 0 N–H and O–H groups in total. The summed E-state index contributed by atoms with van der Waals surface area (Å²) in [6, 6.07) is 14.1. The molecule has 1 aliphatic rings. The molecule has 0 saturated carbocycles. The van der Waals surface area contributed by atoms with Crippen molar-refractivity contribution in [3.8, 4) is 11.7 Å². The summed E-state index contributed by atoms with van der Waals surface area (Å²) in [4.78, 5) is 15.0. The lowest BCUT2D eigenvalue weighted by molar-refractivity contribution is 0.0712. The fourth-order valence-electron chi connectivity index (χ4n) is 3.81. The third-order valence-corrected chi connectivity index (χ3v) is 5.43. The maximum atomic E-state index is 13.1. The number of hydrogen-bond acceptors (Lipinski definition) is 5. The number of aromatic nitrogens is 4. The predicted octanol–water partition coefficient (Wildman–Crippen LogP) is 3.39. The highest BCUT2D eigenvalue weighted by Gasteiger charge is 2.27. The fraction of sp³-hybridized carbons (Fsp3) is 0.364. The molecule has 1 aliphatic heterocycles. The maximum absolute atomic E-state index is 13.1. The predicted molar refractivity (Wildman–Crippen MR) is 109 cm³/mol. The van der Waals surface area contributed by atoms with Gasteiger partial charge in [0.25, 0.3) is 5.91 Å². The first kappa shape index (κ1) is 19.1. The lowest BCUT2D eigenvalue weighted by Gasteiger charge is -2.32. The van der Waals surface area contributed by atoms with Gasteiger partial charge in [-0.1, -0.05) is 30.3 Å². The quantitative estimate of drug-likeness (QED) is 0.667. The molecular weight excluding hydrogens is 366 g/mol. The van der Waals surface area contributed by atoms with Gasteiger partial charge < -0.3 is 9.64 Å². The average molecular weight is 391 g/mol. The molecule has 150 valence electrons. The smallest absolute Gasteiger partial charge is 0.257 e. The van der Waals surface area contributed by atoms with E-state index < -0.39 is 0 Å². The first-order valence-electron chi connectivity index (χ1n) is 10.0. The van der Waals surface area contributed by atoms with Crippen molar-refractivity contribution in [2.45, 2.75) is 32.6 Å². The second-order valence-corrected chi connectivity index (χ2v) is 7.20. The van der Waals surface area contributed by atoms with Crippen LogP contribution in [0.15, 0.2) is 48.7 Å². The van der Waals surface area contributed by atoms with Gasteiger partial charge >= 0.3 is 0 Å². The summed E-state index contributed by atoms with van der Waals surface area (Å²) in [5.74, 6) is 1.58. The molecule has 3 aromatic rings. The summed E-state index contributed by atoms with van der Waals surface area (Å²) < 4.78 is 6.97. The highest BCUT2D eigenvalue weighted by atomic mass is 16.5. The van der Waals surface area contributed by atoms with E-state index in [9.17, 15) is 4.79 Å². The Hall–Kier alpha value is -3.22. The molecule has 7 heteroatoms. The number of benzene rings is 1. The molecule has 3 heterocycles. The largest absolute Gasteiger partial charge is 0.477 e. The zero-order valence-corrected chi connectivity index (χ0v) is 16.8. The number of carbonyl (C=O) groups excluding carboxylic acids is 1. The van der Waals surface area contributed by atoms with E-state index in [-0.39, 0.29) is 5.91 Å². The van der Waals surface area contributed by atoms with Gasteiger partial charge in [0.2, 0.25) is 5.88 Å². The Balaban J connectivity index is 1.45. The Bertz CT molecular complexity index is 961. The molecule has 4 rings (SSSR count). The van der Waals surface area contributed by atoms with Crippen molar-refractivity contribution in [2.24, 2.45) is 0 Å². The summed E-state index contributed by atoms with van der Waals surface area (Å²) in [5, 5.41) is 12.6. The van der Waals surface area contributed by atoms with Gasteiger partial charge in [-0.15, -0.1) is 10.2 Å². The van der Waals surface area contributed by atoms with E-state index in [1.54, 1.807) is 23.0 Å². The molecule has 1 amide bonds. The Morgan fingerprint density at radius 3 is 2.52 bits per heavy atom. The van der Waals surface area contributed by atoms with Crippen LogP contribution in [0.1, 0.15) is 47.3 Å². The van der Waals surface area contributed by atoms with E-state index in [4.69, 9.17) is 4.74 Å². The Morgan fingerprint density at radius 1 is 1.10 bits per heavy atom. The molecule has 29 heavy (non-hydrogen) atoms. The topological polar surface area (TPSA) is 73.1 Å². The Morgan fingerprint density at radius 2 is 1.86 bits per heavy atom. The molecule has 0 aliphatic carbocycles. The summed E-state index contributed by atoms with van der Waals surface area (Å²) in [6.45, 7) is 5.83. The Labute approximate surface area is 170 Å². The van der Waals surface area contributed by atoms with Gasteiger partial charge in [-0.05, 0) is 44.2 Å². The van der Waals surface area contributed by atoms with Crippen molar-refractivity contribution < 1.29 is 9.53 Å². The van der Waals surface area contributed by atoms with Crippen LogP contribution in [-0.2, 0) is 0 Å². The number of carbonyl (C=O) groups is 1. The molecule has 0 bridgehead atoms. The van der Waals surface area contributed by atoms with E-state index in [2.05, 4.69) is 39.6 Å². The molecule has 0 unspecified atom stereocenters. The van der Waals surface area contributed by atoms with E-state index in [0.29, 0.717) is 29.8 Å². The molecule has 1 aromatic carbocycles. The third-order valence-electron chi connectivity index (χ3n) is 5.43. The van der Waals surface area contributed by atoms with Crippen molar-refractivity contribution in [3.05, 3.63) is 65.5 Å². The summed E-state index contributed by atoms with van der Waals surface area (Å²) >= 11 is 0. The summed E-state index contributed by atoms with van der Waals surface area (Å²) in [6.07, 6.45) is 3.58. The number of ether oxygens (including phenoxy) is 1. The molecule has 1 saturated heterocycles. The fourth-order valence-corrected chi connectivity index (χ4v) is 3.81. The molecule has 0 radical (unpaired) electrons. The van der Waals surface area contributed by atoms with Crippen molar-refractivity contribution in [1.29, 1.82) is 0 Å². The first-order valence-corrected chi connectivity index (χ1v) is 10.0. The number of amides is 1. The standard InChI is InChI=1S/C22H25N5O2/c1-3-29-21-10-9-20(24-25-21)27-16(2)19(15-23-27)22(28)26-13-11-18(12-14-26)17-7-5-4-6-8-17/h4-10,15,18H,3,11-14H2,1-2H3. The van der Waals surface area contributed by atoms with Crippen molar-refractivity contribution in [2.75, 3.05) is 19.7 Å². The van der Waals surface area contributed by atoms with Crippen LogP contribution in [0.25, 0.3) is 5.82 Å². The number of nitrogens with zero attached hydrogens (tertiary/aromatic N) is 5. The number of piperidine rings is 1. The molecule has 7 nitrogen and oxygen atoms in total. The van der Waals surface area contributed by atoms with Gasteiger partial charge in [0, 0.05) is 19.2 Å². The van der Waals surface area contributed by atoms with Crippen LogP contribution < -0.4 is 4.74 Å². The van der Waals surface area contributed by atoms with Crippen molar-refractivity contribution in [3.63, 3.8) is 0 Å². The third kappa shape index (κ3) is 3.99. The van der Waals surface area contributed by atoms with E-state index in [1.807, 2.05) is 24.8 Å². The van der Waals surface area contributed by atoms with Gasteiger partial charge in [0.15, 0.2) is 5.82 Å². The molecule has 1 fully saturated rings. The minimum absolute atomic E-state index is 0.0270. The minimum atomic E-state index is 0.0270. The molecule has 0 spiro atoms. The Kier molecular flexibility index (Phi) is 5.55. The van der Waals surface area contributed by atoms with Crippen LogP contribution in [0.5, 0.6) is 5.88 Å². The van der Waals surface area contributed by atoms with E-state index in [1.165, 1.54) is 5.56 Å². The monoisotopic (exact) mass is 391 g/mol. The molecule has 0 atom stereocenters. The summed E-state index contributed by atoms with van der Waals surface area (Å²) in [7, 11) is 0. The maximum Gasteiger partial charge on any atom is 0.257 e. The molecule has 2 aromatic heterocycles. The van der Waals surface area contributed by atoms with Crippen LogP contribution in [-0.4, -0.2) is 50.5 Å². The number of rotatable bonds is 5. The van der Waals surface area contributed by atoms with Gasteiger partial charge in [0.1, 0.15) is 0 Å². The SMILES string of the molecule is CCOc1ccc(-n2ncc(C(=O)N3CCC(c4ccccc4)CC3)c2C)nn1. The van der Waals surface area contributed by atoms with Crippen LogP contribution in [0, 0.1) is 6.92 Å². The van der Waals surface area contributed by atoms with E-state index in [0.717, 1.165) is 31.6 Å². The van der Waals surface area contributed by atoms with Gasteiger partial charge in [0.05, 0.1) is 24.1 Å². The van der Waals surface area contributed by atoms with Crippen LogP contribution in [0.4, 0.5) is 0 Å². The van der Waals surface area contributed by atoms with Gasteiger partial charge in [-0.3, -0.25) is 4.79 Å². The lowest BCUT2D eigenvalue weighted by atomic mass is 9.89. The van der Waals surface area contributed by atoms with E-state index >= 15 is 0 Å². The van der Waals surface area contributed by atoms with Crippen LogP contribution in [0.3, 0.4) is 0 Å². The van der Waals surface area contributed by atoms with Crippen LogP contribution in [0.2, 0.25) is 0 Å². The molecular formula is C22H25N5O2. The lowest BCUT2D eigenvalue weighted by Crippen LogP contribution is -2.38. The second kappa shape index (κ2) is 8.43. The van der Waals surface area contributed by atoms with Gasteiger partial charge in [-0.2, -0.15) is 5.10 Å². The van der Waals surface area contributed by atoms with Crippen molar-refractivity contribution in [1.82, 2.24) is 24.9 Å². The highest BCUT2D eigenvalue weighted by molar-refractivity contribution is 5.95. The van der Waals surface area contributed by atoms with Crippen LogP contribution >= 0.6 is 0 Å². The zero-order chi connectivity index (χ0) is 20.2. The number of likely N-dealkylation sites (tertiary alicyclic amines) is 1. The minimum Gasteiger partial charge on any atom is -0.477 e. The average Bonchev–Trinajstić information content (AvgIpc) is 3.16. The second-order valence-electron chi connectivity index (χ2n) is 7.20. The number of hydrogen-bond donors (Lipinski definition) is 0. The van der Waals surface area contributed by atoms with Crippen molar-refractivity contribution >= 4 is 5.91 Å².